The Labute approximate surface area is 195 Å². The number of hydrogen-bond donors (Lipinski definition) is 0. The predicted octanol–water partition coefficient (Wildman–Crippen LogP) is 4.86. The number of halogens is 1. The van der Waals surface area contributed by atoms with Gasteiger partial charge in [0.1, 0.15) is 12.3 Å². The molecule has 1 atom stereocenters. The zero-order valence-corrected chi connectivity index (χ0v) is 19.3. The third-order valence-electron chi connectivity index (χ3n) is 5.27. The molecule has 1 aliphatic heterocycles. The van der Waals surface area contributed by atoms with Crippen molar-refractivity contribution < 1.29 is 14.3 Å². The van der Waals surface area contributed by atoms with E-state index < -0.39 is 0 Å². The summed E-state index contributed by atoms with van der Waals surface area (Å²) in [6, 6.07) is 18.3. The average molecular weight is 468 g/mol. The van der Waals surface area contributed by atoms with Crippen LogP contribution in [0.2, 0.25) is 5.02 Å². The molecule has 164 valence electrons. The fourth-order valence-electron chi connectivity index (χ4n) is 3.60. The molecule has 4 rings (SSSR count). The van der Waals surface area contributed by atoms with E-state index in [-0.39, 0.29) is 24.4 Å². The number of carbonyl (C=O) groups excluding carboxylic acids is 2. The van der Waals surface area contributed by atoms with Gasteiger partial charge in [0.15, 0.2) is 0 Å². The van der Waals surface area contributed by atoms with Crippen LogP contribution in [0.4, 0.5) is 0 Å². The maximum absolute atomic E-state index is 13.3. The number of ether oxygens (including phenoxy) is 1. The van der Waals surface area contributed by atoms with Gasteiger partial charge in [0, 0.05) is 24.1 Å². The highest BCUT2D eigenvalue weighted by Crippen LogP contribution is 2.34. The Morgan fingerprint density at radius 1 is 1.19 bits per heavy atom. The summed E-state index contributed by atoms with van der Waals surface area (Å²) in [5.41, 5.74) is 2.60. The second-order valence-corrected chi connectivity index (χ2v) is 8.81. The van der Waals surface area contributed by atoms with E-state index in [1.165, 1.54) is 21.2 Å². The molecule has 0 radical (unpaired) electrons. The monoisotopic (exact) mass is 467 g/mol. The Morgan fingerprint density at radius 2 is 1.97 bits per heavy atom. The van der Waals surface area contributed by atoms with Crippen LogP contribution in [0.3, 0.4) is 0 Å². The molecule has 0 saturated carbocycles. The molecule has 0 saturated heterocycles. The van der Waals surface area contributed by atoms with E-state index in [9.17, 15) is 9.59 Å². The van der Waals surface area contributed by atoms with Crippen molar-refractivity contribution in [2.45, 2.75) is 12.5 Å². The first kappa shape index (κ1) is 22.0. The number of amides is 2. The van der Waals surface area contributed by atoms with Crippen LogP contribution in [0.1, 0.15) is 33.3 Å². The van der Waals surface area contributed by atoms with Crippen molar-refractivity contribution in [2.75, 3.05) is 20.7 Å². The van der Waals surface area contributed by atoms with Crippen LogP contribution < -0.4 is 4.74 Å². The van der Waals surface area contributed by atoms with Gasteiger partial charge in [0.2, 0.25) is 0 Å². The predicted molar refractivity (Wildman–Crippen MR) is 126 cm³/mol. The highest BCUT2D eigenvalue weighted by atomic mass is 35.5. The molecule has 0 N–H and O–H groups in total. The van der Waals surface area contributed by atoms with Crippen molar-refractivity contribution in [1.29, 1.82) is 0 Å². The van der Waals surface area contributed by atoms with E-state index in [1.807, 2.05) is 47.8 Å². The maximum atomic E-state index is 13.3. The number of nitrogens with zero attached hydrogens (tertiary/aromatic N) is 3. The molecule has 6 nitrogen and oxygen atoms in total. The first-order chi connectivity index (χ1) is 15.5. The minimum absolute atomic E-state index is 0.0737. The molecule has 1 aliphatic rings. The second kappa shape index (κ2) is 9.54. The highest BCUT2D eigenvalue weighted by Gasteiger charge is 2.34. The van der Waals surface area contributed by atoms with Gasteiger partial charge >= 0.3 is 0 Å². The maximum Gasteiger partial charge on any atom is 0.264 e. The molecule has 0 spiro atoms. The van der Waals surface area contributed by atoms with Crippen LogP contribution in [-0.2, 0) is 4.79 Å². The lowest BCUT2D eigenvalue weighted by Gasteiger charge is -2.24. The van der Waals surface area contributed by atoms with Gasteiger partial charge in [-0.05, 0) is 41.3 Å². The van der Waals surface area contributed by atoms with Gasteiger partial charge < -0.3 is 9.64 Å². The molecule has 0 bridgehead atoms. The zero-order chi connectivity index (χ0) is 22.7. The smallest absolute Gasteiger partial charge is 0.264 e. The summed E-state index contributed by atoms with van der Waals surface area (Å²) in [4.78, 5) is 27.9. The number of hydrogen-bond acceptors (Lipinski definition) is 5. The molecule has 2 heterocycles. The normalized spacial score (nSPS) is 15.4. The Morgan fingerprint density at radius 3 is 2.66 bits per heavy atom. The van der Waals surface area contributed by atoms with Crippen LogP contribution >= 0.6 is 22.9 Å². The third kappa shape index (κ3) is 4.69. The van der Waals surface area contributed by atoms with E-state index in [2.05, 4.69) is 5.10 Å². The van der Waals surface area contributed by atoms with Crippen molar-refractivity contribution in [3.05, 3.63) is 87.1 Å². The number of likely N-dealkylation sites (N-methyl/N-ethyl adjacent to an activating group) is 1. The molecule has 0 unspecified atom stereocenters. The lowest BCUT2D eigenvalue weighted by molar-refractivity contribution is -0.133. The van der Waals surface area contributed by atoms with Gasteiger partial charge in [-0.15, -0.1) is 11.3 Å². The summed E-state index contributed by atoms with van der Waals surface area (Å²) >= 11 is 7.41. The number of hydrazone groups is 1. The molecule has 8 heteroatoms. The molecule has 3 aromatic rings. The summed E-state index contributed by atoms with van der Waals surface area (Å²) in [6.07, 6.45) is 0.545. The third-order valence-corrected chi connectivity index (χ3v) is 6.38. The Bertz CT molecular complexity index is 1150. The molecule has 0 fully saturated rings. The summed E-state index contributed by atoms with van der Waals surface area (Å²) in [7, 11) is 3.24. The van der Waals surface area contributed by atoms with Gasteiger partial charge in [0.05, 0.1) is 23.7 Å². The van der Waals surface area contributed by atoms with Crippen molar-refractivity contribution in [2.24, 2.45) is 5.10 Å². The molecular weight excluding hydrogens is 446 g/mol. The van der Waals surface area contributed by atoms with Gasteiger partial charge in [-0.25, -0.2) is 5.01 Å². The lowest BCUT2D eigenvalue weighted by Crippen LogP contribution is -2.39. The second-order valence-electron chi connectivity index (χ2n) is 7.43. The van der Waals surface area contributed by atoms with Crippen molar-refractivity contribution in [1.82, 2.24) is 9.91 Å². The fraction of sp³-hybridized carbons (Fsp3) is 0.208. The molecule has 0 aliphatic carbocycles. The average Bonchev–Trinajstić information content (AvgIpc) is 3.50. The number of carbonyl (C=O) groups is 2. The largest absolute Gasteiger partial charge is 0.497 e. The van der Waals surface area contributed by atoms with Gasteiger partial charge in [-0.1, -0.05) is 41.9 Å². The Balaban J connectivity index is 1.61. The van der Waals surface area contributed by atoms with Crippen LogP contribution in [0.5, 0.6) is 5.75 Å². The number of thiophene rings is 1. The molecule has 2 aromatic carbocycles. The van der Waals surface area contributed by atoms with Crippen LogP contribution in [0.25, 0.3) is 0 Å². The van der Waals surface area contributed by atoms with Crippen LogP contribution in [0, 0.1) is 0 Å². The van der Waals surface area contributed by atoms with Gasteiger partial charge in [-0.2, -0.15) is 5.10 Å². The minimum Gasteiger partial charge on any atom is -0.497 e. The number of benzene rings is 2. The number of methoxy groups -OCH3 is 1. The van der Waals surface area contributed by atoms with Crippen molar-refractivity contribution in [3.8, 4) is 5.75 Å². The van der Waals surface area contributed by atoms with Crippen LogP contribution in [-0.4, -0.2) is 48.1 Å². The standard InChI is InChI=1S/C24H22ClN3O3S/c1-27(24(30)22-7-4-12-32-22)15-23(29)28-21(16-8-10-18(25)11-9-16)14-20(26-28)17-5-3-6-19(13-17)31-2/h3-13,21H,14-15H2,1-2H3/t21-/m1/s1. The van der Waals surface area contributed by atoms with Crippen molar-refractivity contribution in [3.63, 3.8) is 0 Å². The van der Waals surface area contributed by atoms with Crippen LogP contribution in [0.15, 0.2) is 71.1 Å². The molecule has 2 amide bonds. The van der Waals surface area contributed by atoms with E-state index in [0.717, 1.165) is 22.6 Å². The van der Waals surface area contributed by atoms with E-state index in [1.54, 1.807) is 32.4 Å². The van der Waals surface area contributed by atoms with E-state index in [4.69, 9.17) is 16.3 Å². The minimum atomic E-state index is -0.286. The summed E-state index contributed by atoms with van der Waals surface area (Å²) in [5.74, 6) is 0.280. The molecule has 32 heavy (non-hydrogen) atoms. The number of rotatable bonds is 6. The van der Waals surface area contributed by atoms with Gasteiger partial charge in [-0.3, -0.25) is 9.59 Å². The summed E-state index contributed by atoms with van der Waals surface area (Å²) < 4.78 is 5.33. The summed E-state index contributed by atoms with van der Waals surface area (Å²) in [6.45, 7) is -0.0737. The quantitative estimate of drug-likeness (QED) is 0.520. The lowest BCUT2D eigenvalue weighted by atomic mass is 9.98. The van der Waals surface area contributed by atoms with E-state index in [0.29, 0.717) is 16.3 Å². The SMILES string of the molecule is COc1cccc(C2=NN(C(=O)CN(C)C(=O)c3cccs3)[C@@H](c3ccc(Cl)cc3)C2)c1. The first-order valence-corrected chi connectivity index (χ1v) is 11.3. The highest BCUT2D eigenvalue weighted by molar-refractivity contribution is 7.12. The van der Waals surface area contributed by atoms with E-state index >= 15 is 0 Å². The Kier molecular flexibility index (Phi) is 6.58. The van der Waals surface area contributed by atoms with Crippen molar-refractivity contribution >= 4 is 40.5 Å². The zero-order valence-electron chi connectivity index (χ0n) is 17.7. The summed E-state index contributed by atoms with van der Waals surface area (Å²) in [5, 5.41) is 8.61. The van der Waals surface area contributed by atoms with Gasteiger partial charge in [0.25, 0.3) is 11.8 Å². The topological polar surface area (TPSA) is 62.2 Å². The molecule has 1 aromatic heterocycles. The Hall–Kier alpha value is -3.16. The molecular formula is C24H22ClN3O3S. The first-order valence-electron chi connectivity index (χ1n) is 10.0. The fourth-order valence-corrected chi connectivity index (χ4v) is 4.44.